The van der Waals surface area contributed by atoms with Crippen molar-refractivity contribution >= 4 is 74.2 Å². The van der Waals surface area contributed by atoms with Crippen LogP contribution in [0.4, 0.5) is 0 Å². The molecular formula is C18H15I3O6S. The van der Waals surface area contributed by atoms with Gasteiger partial charge in [-0.2, -0.15) is 0 Å². The Morgan fingerprint density at radius 1 is 0.429 bits per heavy atom. The van der Waals surface area contributed by atoms with E-state index in [1.165, 1.54) is 0 Å². The van der Waals surface area contributed by atoms with Gasteiger partial charge in [-0.05, 0) is 36.4 Å². The molecule has 3 aromatic carbocycles. The van der Waals surface area contributed by atoms with Crippen LogP contribution in [0.1, 0.15) is 0 Å². The number of halogens is 3. The van der Waals surface area contributed by atoms with Crippen molar-refractivity contribution < 1.29 is 21.8 Å². The third-order valence-corrected chi connectivity index (χ3v) is 6.15. The van der Waals surface area contributed by atoms with Gasteiger partial charge in [0.15, 0.2) is 63.6 Å². The van der Waals surface area contributed by atoms with E-state index < -0.39 is 74.2 Å². The van der Waals surface area contributed by atoms with Crippen LogP contribution in [0.5, 0.6) is 0 Å². The van der Waals surface area contributed by atoms with Gasteiger partial charge in [0, 0.05) is 10.7 Å². The van der Waals surface area contributed by atoms with E-state index in [0.29, 0.717) is 0 Å². The van der Waals surface area contributed by atoms with Gasteiger partial charge in [0.1, 0.15) is 0 Å². The van der Waals surface area contributed by atoms with E-state index in [4.69, 9.17) is 12.6 Å². The first-order chi connectivity index (χ1) is 13.5. The van der Waals surface area contributed by atoms with Crippen molar-refractivity contribution in [1.29, 1.82) is 0 Å². The zero-order valence-electron chi connectivity index (χ0n) is 14.2. The normalized spacial score (nSPS) is 8.57. The van der Waals surface area contributed by atoms with Crippen LogP contribution in [0.3, 0.4) is 0 Å². The summed E-state index contributed by atoms with van der Waals surface area (Å²) in [4.78, 5) is 0. The van der Waals surface area contributed by atoms with E-state index in [1.54, 1.807) is 0 Å². The smallest absolute Gasteiger partial charge is 0.265 e. The Hall–Kier alpha value is -1.13. The van der Waals surface area contributed by atoms with E-state index in [0.717, 1.165) is 10.7 Å². The molecule has 3 rings (SSSR count). The van der Waals surface area contributed by atoms with Crippen molar-refractivity contribution in [3.63, 3.8) is 0 Å². The summed E-state index contributed by atoms with van der Waals surface area (Å²) in [5.74, 6) is 0. The quantitative estimate of drug-likeness (QED) is 0.329. The zero-order valence-corrected chi connectivity index (χ0v) is 21.4. The van der Waals surface area contributed by atoms with E-state index in [1.807, 2.05) is 91.0 Å². The fourth-order valence-electron chi connectivity index (χ4n) is 1.40. The minimum absolute atomic E-state index is 0.941. The summed E-state index contributed by atoms with van der Waals surface area (Å²) in [6, 6.07) is 28.4. The fourth-order valence-corrected chi connectivity index (χ4v) is 3.52. The van der Waals surface area contributed by atoms with Crippen molar-refractivity contribution in [1.82, 2.24) is 0 Å². The molecule has 0 aromatic heterocycles. The number of hydrogen-bond donors (Lipinski definition) is 0. The van der Waals surface area contributed by atoms with Crippen molar-refractivity contribution in [2.75, 3.05) is 0 Å². The van der Waals surface area contributed by atoms with Crippen molar-refractivity contribution in [3.05, 3.63) is 102 Å². The Bertz CT molecular complexity index is 812. The molecule has 0 atom stereocenters. The van der Waals surface area contributed by atoms with Gasteiger partial charge in [-0.3, -0.25) is 9.21 Å². The summed E-state index contributed by atoms with van der Waals surface area (Å²) in [6.45, 7) is 0. The topological polar surface area (TPSA) is 102 Å². The van der Waals surface area contributed by atoms with Gasteiger partial charge in [-0.1, -0.05) is 54.6 Å². The third-order valence-electron chi connectivity index (χ3n) is 2.47. The summed E-state index contributed by atoms with van der Waals surface area (Å²) < 4.78 is 59.0. The Kier molecular flexibility index (Phi) is 18.4. The monoisotopic (exact) mass is 740 g/mol. The Morgan fingerprint density at radius 2 is 0.607 bits per heavy atom. The van der Waals surface area contributed by atoms with Crippen molar-refractivity contribution in [3.8, 4) is 0 Å². The first kappa shape index (κ1) is 26.9. The average molecular weight is 740 g/mol. The molecule has 0 fully saturated rings. The highest BCUT2D eigenvalue weighted by molar-refractivity contribution is 14.2. The molecule has 0 saturated heterocycles. The highest BCUT2D eigenvalue weighted by Crippen LogP contribution is 2.07. The summed E-state index contributed by atoms with van der Waals surface area (Å²) in [5.41, 5.74) is 0. The SMILES string of the molecule is O=Ic1ccccc1.O=Ic1ccccc1.O=Ic1ccccc1.O=S(=O)=O. The highest BCUT2D eigenvalue weighted by Gasteiger charge is 1.83. The second-order valence-corrected chi connectivity index (χ2v) is 9.79. The maximum absolute atomic E-state index is 10.2. The maximum atomic E-state index is 10.2. The molecule has 10 heteroatoms. The summed E-state index contributed by atoms with van der Waals surface area (Å²) in [5, 5.41) is 0. The first-order valence-electron chi connectivity index (χ1n) is 7.26. The molecule has 0 aliphatic rings. The Labute approximate surface area is 195 Å². The van der Waals surface area contributed by atoms with Gasteiger partial charge in [0.2, 0.25) is 0 Å². The third kappa shape index (κ3) is 17.0. The Balaban J connectivity index is 0.000000358. The van der Waals surface area contributed by atoms with Crippen molar-refractivity contribution in [2.24, 2.45) is 0 Å². The predicted octanol–water partition coefficient (Wildman–Crippen LogP) is 5.51. The van der Waals surface area contributed by atoms with Gasteiger partial charge in [-0.15, -0.1) is 12.6 Å². The van der Waals surface area contributed by atoms with E-state index >= 15 is 0 Å². The summed E-state index contributed by atoms with van der Waals surface area (Å²) >= 11 is -2.82. The van der Waals surface area contributed by atoms with Crippen LogP contribution in [0, 0.1) is 10.7 Å². The van der Waals surface area contributed by atoms with Gasteiger partial charge in [0.25, 0.3) is 0 Å². The molecule has 6 nitrogen and oxygen atoms in total. The van der Waals surface area contributed by atoms with Crippen LogP contribution in [-0.4, -0.2) is 12.6 Å². The lowest BCUT2D eigenvalue weighted by molar-refractivity contribution is 0.559. The summed E-state index contributed by atoms with van der Waals surface area (Å²) in [6.07, 6.45) is 0. The molecular weight excluding hydrogens is 725 g/mol. The molecule has 0 aliphatic heterocycles. The molecule has 0 saturated carbocycles. The minimum Gasteiger partial charge on any atom is -0.265 e. The second kappa shape index (κ2) is 19.2. The summed E-state index contributed by atoms with van der Waals surface area (Å²) in [7, 11) is -3.11. The molecule has 0 amide bonds. The zero-order chi connectivity index (χ0) is 21.0. The number of benzene rings is 3. The molecule has 0 heterocycles. The van der Waals surface area contributed by atoms with E-state index in [-0.39, 0.29) is 0 Å². The lowest BCUT2D eigenvalue weighted by Gasteiger charge is -1.80. The molecule has 3 aromatic rings. The Morgan fingerprint density at radius 3 is 0.714 bits per heavy atom. The molecule has 150 valence electrons. The predicted molar refractivity (Wildman–Crippen MR) is 129 cm³/mol. The fraction of sp³-hybridized carbons (Fsp3) is 0. The first-order valence-corrected chi connectivity index (χ1v) is 14.1. The molecule has 0 radical (unpaired) electrons. The van der Waals surface area contributed by atoms with Gasteiger partial charge < -0.3 is 0 Å². The van der Waals surface area contributed by atoms with Crippen molar-refractivity contribution in [2.45, 2.75) is 0 Å². The van der Waals surface area contributed by atoms with E-state index in [9.17, 15) is 9.21 Å². The van der Waals surface area contributed by atoms with Gasteiger partial charge >= 0.3 is 10.6 Å². The lowest BCUT2D eigenvalue weighted by Crippen LogP contribution is -1.63. The van der Waals surface area contributed by atoms with E-state index in [2.05, 4.69) is 0 Å². The standard InChI is InChI=1S/3C6H5IO.O3S/c3*8-7-6-4-2-1-3-5-6;1-4(2)3/h3*1-5H;. The van der Waals surface area contributed by atoms with Crippen LogP contribution < -0.4 is 0 Å². The molecule has 0 bridgehead atoms. The molecule has 28 heavy (non-hydrogen) atoms. The van der Waals surface area contributed by atoms with Crippen LogP contribution in [0.2, 0.25) is 0 Å². The van der Waals surface area contributed by atoms with Gasteiger partial charge in [0.05, 0.1) is 0 Å². The number of rotatable bonds is 3. The molecule has 0 unspecified atom stereocenters. The van der Waals surface area contributed by atoms with Crippen LogP contribution in [-0.2, 0) is 19.8 Å². The minimum atomic E-state index is -3.11. The molecule has 0 aliphatic carbocycles. The molecule has 0 spiro atoms. The second-order valence-electron chi connectivity index (χ2n) is 4.32. The maximum Gasteiger partial charge on any atom is 0.425 e. The molecule has 0 N–H and O–H groups in total. The number of hydrogen-bond acceptors (Lipinski definition) is 6. The lowest BCUT2D eigenvalue weighted by atomic mass is 10.4. The van der Waals surface area contributed by atoms with Crippen LogP contribution in [0.25, 0.3) is 0 Å². The van der Waals surface area contributed by atoms with Gasteiger partial charge in [-0.25, -0.2) is 0 Å². The largest absolute Gasteiger partial charge is 0.425 e. The van der Waals surface area contributed by atoms with Crippen LogP contribution >= 0.6 is 63.6 Å². The highest BCUT2D eigenvalue weighted by atomic mass is 127. The van der Waals surface area contributed by atoms with Crippen LogP contribution in [0.15, 0.2) is 91.0 Å². The average Bonchev–Trinajstić information content (AvgIpc) is 2.76.